The standard InChI is InChI=1S/C20H24F3N5O/c1-12(2)14-9-17(20(21,22)23)28-18(25-14)10-15(26-28)16-6-4-8-27(16)19(29)13-5-3-7-24-11-13/h3,5,7,10-12,14,16-17,25H,4,6,8-9H2,1-2H3/t14-,16?,17+/m0/s1. The molecular weight excluding hydrogens is 383 g/mol. The van der Waals surface area contributed by atoms with Crippen molar-refractivity contribution >= 4 is 11.7 Å². The minimum atomic E-state index is -4.38. The van der Waals surface area contributed by atoms with E-state index < -0.39 is 12.2 Å². The second kappa shape index (κ2) is 7.35. The van der Waals surface area contributed by atoms with Crippen molar-refractivity contribution in [3.8, 4) is 0 Å². The fourth-order valence-electron chi connectivity index (χ4n) is 4.19. The van der Waals surface area contributed by atoms with E-state index in [1.807, 2.05) is 13.8 Å². The molecule has 29 heavy (non-hydrogen) atoms. The fraction of sp³-hybridized carbons (Fsp3) is 0.550. The summed E-state index contributed by atoms with van der Waals surface area (Å²) in [5.74, 6) is 0.252. The average molecular weight is 407 g/mol. The Labute approximate surface area is 167 Å². The van der Waals surface area contributed by atoms with Crippen LogP contribution in [0, 0.1) is 5.92 Å². The Kier molecular flexibility index (Phi) is 5.00. The van der Waals surface area contributed by atoms with Gasteiger partial charge in [0.2, 0.25) is 0 Å². The van der Waals surface area contributed by atoms with Gasteiger partial charge in [-0.2, -0.15) is 18.3 Å². The van der Waals surface area contributed by atoms with Crippen LogP contribution < -0.4 is 5.32 Å². The van der Waals surface area contributed by atoms with Gasteiger partial charge in [0.25, 0.3) is 5.91 Å². The smallest absolute Gasteiger partial charge is 0.367 e. The Morgan fingerprint density at radius 3 is 2.79 bits per heavy atom. The van der Waals surface area contributed by atoms with Gasteiger partial charge in [-0.25, -0.2) is 4.68 Å². The lowest BCUT2D eigenvalue weighted by atomic mass is 9.94. The number of halogens is 3. The summed E-state index contributed by atoms with van der Waals surface area (Å²) in [6.07, 6.45) is 0.114. The van der Waals surface area contributed by atoms with E-state index in [0.29, 0.717) is 30.0 Å². The summed E-state index contributed by atoms with van der Waals surface area (Å²) in [6.45, 7) is 4.36. The molecule has 0 spiro atoms. The third kappa shape index (κ3) is 3.70. The summed E-state index contributed by atoms with van der Waals surface area (Å²) in [5.41, 5.74) is 0.968. The van der Waals surface area contributed by atoms with Crippen molar-refractivity contribution in [1.29, 1.82) is 0 Å². The highest BCUT2D eigenvalue weighted by Crippen LogP contribution is 2.42. The summed E-state index contributed by atoms with van der Waals surface area (Å²) in [6, 6.07) is 2.77. The number of pyridine rings is 1. The molecule has 2 aromatic heterocycles. The number of anilines is 1. The van der Waals surface area contributed by atoms with E-state index in [-0.39, 0.29) is 30.3 Å². The van der Waals surface area contributed by atoms with E-state index in [1.165, 1.54) is 6.20 Å². The van der Waals surface area contributed by atoms with Crippen LogP contribution in [0.2, 0.25) is 0 Å². The summed E-state index contributed by atoms with van der Waals surface area (Å²) < 4.78 is 42.2. The fourth-order valence-corrected chi connectivity index (χ4v) is 4.19. The number of carbonyl (C=O) groups is 1. The van der Waals surface area contributed by atoms with Crippen LogP contribution in [0.5, 0.6) is 0 Å². The first-order chi connectivity index (χ1) is 13.8. The maximum Gasteiger partial charge on any atom is 0.410 e. The average Bonchev–Trinajstić information content (AvgIpc) is 3.32. The van der Waals surface area contributed by atoms with E-state index in [0.717, 1.165) is 11.1 Å². The Hall–Kier alpha value is -2.58. The number of amides is 1. The van der Waals surface area contributed by atoms with Gasteiger partial charge in [0.15, 0.2) is 6.04 Å². The zero-order chi connectivity index (χ0) is 20.8. The van der Waals surface area contributed by atoms with Crippen LogP contribution in [0.3, 0.4) is 0 Å². The molecule has 1 fully saturated rings. The van der Waals surface area contributed by atoms with Crippen molar-refractivity contribution in [2.45, 2.75) is 57.4 Å². The predicted molar refractivity (Wildman–Crippen MR) is 101 cm³/mol. The molecule has 0 aromatic carbocycles. The lowest BCUT2D eigenvalue weighted by Crippen LogP contribution is -2.41. The minimum Gasteiger partial charge on any atom is -0.367 e. The van der Waals surface area contributed by atoms with Crippen LogP contribution >= 0.6 is 0 Å². The number of likely N-dealkylation sites (tertiary alicyclic amines) is 1. The Morgan fingerprint density at radius 2 is 2.14 bits per heavy atom. The van der Waals surface area contributed by atoms with Crippen molar-refractivity contribution < 1.29 is 18.0 Å². The number of nitrogens with one attached hydrogen (secondary N) is 1. The molecule has 0 aliphatic carbocycles. The quantitative estimate of drug-likeness (QED) is 0.828. The zero-order valence-corrected chi connectivity index (χ0v) is 16.4. The molecule has 0 bridgehead atoms. The third-order valence-electron chi connectivity index (χ3n) is 5.81. The first-order valence-electron chi connectivity index (χ1n) is 9.89. The number of rotatable bonds is 3. The molecule has 1 unspecified atom stereocenters. The molecule has 1 amide bonds. The van der Waals surface area contributed by atoms with Crippen LogP contribution in [0.25, 0.3) is 0 Å². The van der Waals surface area contributed by atoms with Crippen molar-refractivity contribution in [3.05, 3.63) is 41.9 Å². The minimum absolute atomic E-state index is 0.0573. The van der Waals surface area contributed by atoms with E-state index in [4.69, 9.17) is 0 Å². The first-order valence-corrected chi connectivity index (χ1v) is 9.89. The van der Waals surface area contributed by atoms with Crippen LogP contribution in [-0.2, 0) is 0 Å². The molecule has 0 saturated carbocycles. The Balaban J connectivity index is 1.65. The topological polar surface area (TPSA) is 63.1 Å². The molecule has 2 aliphatic heterocycles. The molecule has 2 aromatic rings. The highest BCUT2D eigenvalue weighted by atomic mass is 19.4. The van der Waals surface area contributed by atoms with Gasteiger partial charge in [-0.05, 0) is 37.3 Å². The van der Waals surface area contributed by atoms with Crippen LogP contribution in [0.1, 0.15) is 61.2 Å². The van der Waals surface area contributed by atoms with Gasteiger partial charge >= 0.3 is 6.18 Å². The van der Waals surface area contributed by atoms with E-state index in [9.17, 15) is 18.0 Å². The number of carbonyl (C=O) groups excluding carboxylic acids is 1. The van der Waals surface area contributed by atoms with Gasteiger partial charge in [-0.15, -0.1) is 0 Å². The van der Waals surface area contributed by atoms with Crippen molar-refractivity contribution in [3.63, 3.8) is 0 Å². The molecular formula is C20H24F3N5O. The van der Waals surface area contributed by atoms with Gasteiger partial charge in [0.05, 0.1) is 17.3 Å². The van der Waals surface area contributed by atoms with E-state index >= 15 is 0 Å². The maximum atomic E-state index is 13.7. The Morgan fingerprint density at radius 1 is 1.34 bits per heavy atom. The van der Waals surface area contributed by atoms with Gasteiger partial charge in [0.1, 0.15) is 5.82 Å². The summed E-state index contributed by atoms with van der Waals surface area (Å²) in [4.78, 5) is 18.6. The Bertz CT molecular complexity index is 880. The lowest BCUT2D eigenvalue weighted by Gasteiger charge is -2.35. The monoisotopic (exact) mass is 407 g/mol. The number of hydrogen-bond acceptors (Lipinski definition) is 4. The van der Waals surface area contributed by atoms with Gasteiger partial charge in [-0.1, -0.05) is 13.8 Å². The molecule has 3 atom stereocenters. The zero-order valence-electron chi connectivity index (χ0n) is 16.4. The normalized spacial score (nSPS) is 24.5. The molecule has 4 rings (SSSR count). The number of nitrogens with zero attached hydrogens (tertiary/aromatic N) is 4. The second-order valence-electron chi connectivity index (χ2n) is 8.09. The number of aromatic nitrogens is 3. The largest absolute Gasteiger partial charge is 0.410 e. The van der Waals surface area contributed by atoms with Crippen molar-refractivity contribution in [2.24, 2.45) is 5.92 Å². The lowest BCUT2D eigenvalue weighted by molar-refractivity contribution is -0.174. The van der Waals surface area contributed by atoms with Crippen LogP contribution in [0.15, 0.2) is 30.6 Å². The second-order valence-corrected chi connectivity index (χ2v) is 8.09. The SMILES string of the molecule is CC(C)[C@@H]1C[C@H](C(F)(F)F)n2nc(C3CCCN3C(=O)c3cccnc3)cc2N1. The molecule has 6 nitrogen and oxygen atoms in total. The molecule has 9 heteroatoms. The van der Waals surface area contributed by atoms with Gasteiger partial charge in [-0.3, -0.25) is 9.78 Å². The molecule has 4 heterocycles. The van der Waals surface area contributed by atoms with Crippen molar-refractivity contribution in [1.82, 2.24) is 19.7 Å². The summed E-state index contributed by atoms with van der Waals surface area (Å²) >= 11 is 0. The van der Waals surface area contributed by atoms with Crippen LogP contribution in [0.4, 0.5) is 19.0 Å². The maximum absolute atomic E-state index is 13.7. The first kappa shape index (κ1) is 19.7. The highest BCUT2D eigenvalue weighted by Gasteiger charge is 2.47. The molecule has 1 N–H and O–H groups in total. The summed E-state index contributed by atoms with van der Waals surface area (Å²) in [5, 5.41) is 7.53. The molecule has 2 aliphatic rings. The van der Waals surface area contributed by atoms with Crippen molar-refractivity contribution in [2.75, 3.05) is 11.9 Å². The van der Waals surface area contributed by atoms with E-state index in [1.54, 1.807) is 29.3 Å². The highest BCUT2D eigenvalue weighted by molar-refractivity contribution is 5.94. The van der Waals surface area contributed by atoms with Gasteiger partial charge in [0, 0.05) is 31.0 Å². The summed E-state index contributed by atoms with van der Waals surface area (Å²) in [7, 11) is 0. The molecule has 0 radical (unpaired) electrons. The van der Waals surface area contributed by atoms with Crippen LogP contribution in [-0.4, -0.2) is 44.3 Å². The predicted octanol–water partition coefficient (Wildman–Crippen LogP) is 4.20. The van der Waals surface area contributed by atoms with E-state index in [2.05, 4.69) is 15.4 Å². The number of fused-ring (bicyclic) bond motifs is 1. The third-order valence-corrected chi connectivity index (χ3v) is 5.81. The number of alkyl halides is 3. The molecule has 156 valence electrons. The number of hydrogen-bond donors (Lipinski definition) is 1. The molecule has 1 saturated heterocycles. The van der Waals surface area contributed by atoms with Gasteiger partial charge < -0.3 is 10.2 Å².